The summed E-state index contributed by atoms with van der Waals surface area (Å²) in [5, 5.41) is 0. The maximum Gasteiger partial charge on any atom is 0.304 e. The lowest BCUT2D eigenvalue weighted by Gasteiger charge is -1.81. The third kappa shape index (κ3) is 7.66. The lowest BCUT2D eigenvalue weighted by atomic mass is 10.4. The minimum Gasteiger partial charge on any atom is -0.266 e. The summed E-state index contributed by atoms with van der Waals surface area (Å²) in [5.41, 5.74) is 0. The van der Waals surface area contributed by atoms with Crippen molar-refractivity contribution in [3.8, 4) is 0 Å². The molecule has 2 aliphatic rings. The lowest BCUT2D eigenvalue weighted by molar-refractivity contribution is 0.365. The second-order valence-electron chi connectivity index (χ2n) is 2.71. The summed E-state index contributed by atoms with van der Waals surface area (Å²) >= 11 is -1.42. The van der Waals surface area contributed by atoms with Crippen LogP contribution < -0.4 is 0 Å². The van der Waals surface area contributed by atoms with E-state index in [-0.39, 0.29) is 0 Å². The van der Waals surface area contributed by atoms with Crippen LogP contribution in [0.4, 0.5) is 0 Å². The van der Waals surface area contributed by atoms with Crippen LogP contribution in [-0.4, -0.2) is 37.3 Å². The van der Waals surface area contributed by atoms with Crippen LogP contribution in [0.3, 0.4) is 0 Å². The Morgan fingerprint density at radius 1 is 1.00 bits per heavy atom. The Bertz CT molecular complexity index is 265. The highest BCUT2D eigenvalue weighted by molar-refractivity contribution is 7.91. The molecule has 0 unspecified atom stereocenters. The van der Waals surface area contributed by atoms with E-state index in [1.165, 1.54) is 0 Å². The van der Waals surface area contributed by atoms with Gasteiger partial charge in [0.05, 0.1) is 24.7 Å². The average molecular weight is 256 g/mol. The molecule has 0 amide bonds. The molecule has 2 rings (SSSR count). The second-order valence-corrected chi connectivity index (χ2v) is 5.89. The quantitative estimate of drug-likeness (QED) is 0.594. The zero-order valence-electron chi connectivity index (χ0n) is 8.51. The SMILES string of the molecule is C=C.O=S1(=O)CCCC1.O=S1OCCO1. The summed E-state index contributed by atoms with van der Waals surface area (Å²) in [7, 11) is -2.55. The van der Waals surface area contributed by atoms with E-state index in [2.05, 4.69) is 21.5 Å². The highest BCUT2D eigenvalue weighted by Crippen LogP contribution is 2.08. The van der Waals surface area contributed by atoms with Gasteiger partial charge in [-0.1, -0.05) is 0 Å². The van der Waals surface area contributed by atoms with Gasteiger partial charge in [0, 0.05) is 0 Å². The molecule has 5 nitrogen and oxygen atoms in total. The number of hydrogen-bond acceptors (Lipinski definition) is 5. The van der Waals surface area contributed by atoms with Gasteiger partial charge in [-0.25, -0.2) is 8.42 Å². The average Bonchev–Trinajstić information content (AvgIpc) is 2.81. The minimum absolute atomic E-state index is 0.424. The fourth-order valence-corrected chi connectivity index (χ4v) is 2.95. The highest BCUT2D eigenvalue weighted by atomic mass is 32.2. The van der Waals surface area contributed by atoms with Crippen LogP contribution in [0.15, 0.2) is 13.2 Å². The van der Waals surface area contributed by atoms with E-state index in [9.17, 15) is 12.6 Å². The molecule has 0 bridgehead atoms. The molecule has 15 heavy (non-hydrogen) atoms. The van der Waals surface area contributed by atoms with Crippen LogP contribution in [0.25, 0.3) is 0 Å². The molecule has 0 aromatic rings. The Morgan fingerprint density at radius 2 is 1.40 bits per heavy atom. The molecular formula is C8H16O5S2. The monoisotopic (exact) mass is 256 g/mol. The second kappa shape index (κ2) is 7.98. The van der Waals surface area contributed by atoms with E-state index in [0.717, 1.165) is 12.8 Å². The predicted molar refractivity (Wildman–Crippen MR) is 59.2 cm³/mol. The van der Waals surface area contributed by atoms with Gasteiger partial charge in [0.25, 0.3) is 0 Å². The van der Waals surface area contributed by atoms with Crippen LogP contribution in [-0.2, 0) is 29.6 Å². The maximum absolute atomic E-state index is 10.4. The first-order chi connectivity index (χ1) is 7.10. The van der Waals surface area contributed by atoms with Crippen molar-refractivity contribution in [2.75, 3.05) is 24.7 Å². The van der Waals surface area contributed by atoms with Gasteiger partial charge in [-0.3, -0.25) is 8.37 Å². The normalized spacial score (nSPS) is 23.5. The molecule has 90 valence electrons. The van der Waals surface area contributed by atoms with Crippen LogP contribution in [0.2, 0.25) is 0 Å². The van der Waals surface area contributed by atoms with Gasteiger partial charge in [-0.05, 0) is 12.8 Å². The van der Waals surface area contributed by atoms with Crippen molar-refractivity contribution in [2.45, 2.75) is 12.8 Å². The van der Waals surface area contributed by atoms with Crippen LogP contribution in [0.5, 0.6) is 0 Å². The molecule has 2 fully saturated rings. The summed E-state index contributed by atoms with van der Waals surface area (Å²) < 4.78 is 39.6. The molecule has 2 heterocycles. The zero-order valence-corrected chi connectivity index (χ0v) is 10.1. The van der Waals surface area contributed by atoms with Gasteiger partial charge in [0.1, 0.15) is 9.84 Å². The van der Waals surface area contributed by atoms with Crippen molar-refractivity contribution < 1.29 is 21.0 Å². The Morgan fingerprint density at radius 3 is 1.53 bits per heavy atom. The fraction of sp³-hybridized carbons (Fsp3) is 0.750. The van der Waals surface area contributed by atoms with Gasteiger partial charge < -0.3 is 0 Å². The van der Waals surface area contributed by atoms with Gasteiger partial charge in [0.2, 0.25) is 0 Å². The molecule has 0 aromatic carbocycles. The van der Waals surface area contributed by atoms with Gasteiger partial charge >= 0.3 is 11.4 Å². The molecule has 0 saturated carbocycles. The van der Waals surface area contributed by atoms with Crippen molar-refractivity contribution in [1.82, 2.24) is 0 Å². The van der Waals surface area contributed by atoms with Gasteiger partial charge in [-0.2, -0.15) is 4.21 Å². The van der Waals surface area contributed by atoms with E-state index in [4.69, 9.17) is 0 Å². The molecule has 0 atom stereocenters. The highest BCUT2D eigenvalue weighted by Gasteiger charge is 2.16. The summed E-state index contributed by atoms with van der Waals surface area (Å²) in [6.07, 6.45) is 1.75. The van der Waals surface area contributed by atoms with Crippen LogP contribution in [0.1, 0.15) is 12.8 Å². The summed E-state index contributed by atoms with van der Waals surface area (Å²) in [5.74, 6) is 0.847. The molecule has 0 N–H and O–H groups in total. The molecule has 0 aliphatic carbocycles. The van der Waals surface area contributed by atoms with E-state index >= 15 is 0 Å². The molecule has 0 aromatic heterocycles. The maximum atomic E-state index is 10.4. The number of sulfone groups is 1. The van der Waals surface area contributed by atoms with Crippen LogP contribution >= 0.6 is 0 Å². The number of hydrogen-bond donors (Lipinski definition) is 0. The third-order valence-electron chi connectivity index (χ3n) is 1.60. The van der Waals surface area contributed by atoms with Crippen molar-refractivity contribution >= 4 is 21.2 Å². The minimum atomic E-state index is -2.55. The Kier molecular flexibility index (Phi) is 7.85. The first-order valence-corrected chi connectivity index (χ1v) is 7.31. The topological polar surface area (TPSA) is 69.7 Å². The molecule has 0 spiro atoms. The van der Waals surface area contributed by atoms with Crippen molar-refractivity contribution in [3.05, 3.63) is 13.2 Å². The van der Waals surface area contributed by atoms with E-state index < -0.39 is 21.2 Å². The molecule has 2 aliphatic heterocycles. The van der Waals surface area contributed by atoms with Gasteiger partial charge in [-0.15, -0.1) is 13.2 Å². The fourth-order valence-electron chi connectivity index (χ4n) is 0.984. The largest absolute Gasteiger partial charge is 0.304 e. The first-order valence-electron chi connectivity index (χ1n) is 4.49. The predicted octanol–water partition coefficient (Wildman–Crippen LogP) is 0.609. The van der Waals surface area contributed by atoms with E-state index in [1.54, 1.807) is 0 Å². The van der Waals surface area contributed by atoms with Gasteiger partial charge in [0.15, 0.2) is 0 Å². The van der Waals surface area contributed by atoms with Crippen LogP contribution in [0, 0.1) is 0 Å². The summed E-state index contributed by atoms with van der Waals surface area (Å²) in [4.78, 5) is 0. The molecular weight excluding hydrogens is 240 g/mol. The zero-order chi connectivity index (χ0) is 11.7. The first kappa shape index (κ1) is 14.8. The lowest BCUT2D eigenvalue weighted by Crippen LogP contribution is -1.98. The summed E-state index contributed by atoms with van der Waals surface area (Å²) in [6, 6.07) is 0. The van der Waals surface area contributed by atoms with Crippen molar-refractivity contribution in [2.24, 2.45) is 0 Å². The summed E-state index contributed by atoms with van der Waals surface area (Å²) in [6.45, 7) is 6.93. The van der Waals surface area contributed by atoms with E-state index in [1.807, 2.05) is 0 Å². The molecule has 7 heteroatoms. The molecule has 2 saturated heterocycles. The van der Waals surface area contributed by atoms with Crippen molar-refractivity contribution in [3.63, 3.8) is 0 Å². The third-order valence-corrected chi connectivity index (χ3v) is 4.14. The Labute approximate surface area is 93.2 Å². The standard InChI is InChI=1S/C4H8O2S.C2H4O3S.C2H4/c5-7(6)3-1-2-4-7;3-6-4-1-2-5-6;1-2/h1-4H2;1-2H2;1-2H2. The molecule has 0 radical (unpaired) electrons. The Hall–Kier alpha value is -0.240. The number of rotatable bonds is 0. The van der Waals surface area contributed by atoms with Crippen molar-refractivity contribution in [1.29, 1.82) is 0 Å². The van der Waals surface area contributed by atoms with E-state index in [0.29, 0.717) is 24.7 Å². The smallest absolute Gasteiger partial charge is 0.266 e. The Balaban J connectivity index is 0.000000227.